The Bertz CT molecular complexity index is 1150. The summed E-state index contributed by atoms with van der Waals surface area (Å²) < 4.78 is 6.91. The molecule has 3 nitrogen and oxygen atoms in total. The van der Waals surface area contributed by atoms with Crippen LogP contribution in [-0.4, -0.2) is 0 Å². The lowest BCUT2D eigenvalue weighted by atomic mass is 10.0. The van der Waals surface area contributed by atoms with Gasteiger partial charge in [0.05, 0.1) is 11.4 Å². The van der Waals surface area contributed by atoms with E-state index in [-0.39, 0.29) is 12.5 Å². The summed E-state index contributed by atoms with van der Waals surface area (Å²) in [6.45, 7) is 8.63. The molecule has 0 spiro atoms. The number of benzene rings is 4. The third-order valence-electron chi connectivity index (χ3n) is 6.61. The molecule has 4 aromatic rings. The van der Waals surface area contributed by atoms with Crippen molar-refractivity contribution in [2.24, 2.45) is 0 Å². The topological polar surface area (TPSA) is 15.7 Å². The number of hydrogen-bond donors (Lipinski definition) is 0. The summed E-state index contributed by atoms with van der Waals surface area (Å²) >= 11 is 0. The Hall–Kier alpha value is -3.56. The van der Waals surface area contributed by atoms with Crippen molar-refractivity contribution in [2.75, 3.05) is 10.0 Å². The predicted molar refractivity (Wildman–Crippen MR) is 136 cm³/mol. The number of hydrazine groups is 1. The molecule has 3 heteroatoms. The van der Waals surface area contributed by atoms with Crippen molar-refractivity contribution in [3.05, 3.63) is 130 Å². The van der Waals surface area contributed by atoms with Crippen LogP contribution >= 0.6 is 0 Å². The van der Waals surface area contributed by atoms with E-state index in [2.05, 4.69) is 135 Å². The highest BCUT2D eigenvalue weighted by Gasteiger charge is 2.42. The number of rotatable bonds is 4. The molecule has 0 aromatic heterocycles. The smallest absolute Gasteiger partial charge is 0.177 e. The van der Waals surface area contributed by atoms with Gasteiger partial charge in [-0.15, -0.1) is 0 Å². The second kappa shape index (κ2) is 8.76. The molecule has 166 valence electrons. The summed E-state index contributed by atoms with van der Waals surface area (Å²) in [6.07, 6.45) is -0.503. The quantitative estimate of drug-likeness (QED) is 0.329. The lowest BCUT2D eigenvalue weighted by molar-refractivity contribution is 0.0450. The predicted octanol–water partition coefficient (Wildman–Crippen LogP) is 7.58. The van der Waals surface area contributed by atoms with Crippen LogP contribution in [0, 0.1) is 27.7 Å². The zero-order valence-electron chi connectivity index (χ0n) is 19.7. The van der Waals surface area contributed by atoms with Crippen LogP contribution in [0.25, 0.3) is 0 Å². The van der Waals surface area contributed by atoms with E-state index in [1.807, 2.05) is 0 Å². The van der Waals surface area contributed by atoms with Crippen molar-refractivity contribution in [1.82, 2.24) is 0 Å². The third-order valence-corrected chi connectivity index (χ3v) is 6.61. The van der Waals surface area contributed by atoms with Crippen molar-refractivity contribution in [1.29, 1.82) is 0 Å². The number of aryl methyl sites for hydroxylation is 4. The fourth-order valence-corrected chi connectivity index (χ4v) is 4.42. The summed E-state index contributed by atoms with van der Waals surface area (Å²) in [7, 11) is 0. The van der Waals surface area contributed by atoms with Gasteiger partial charge < -0.3 is 4.74 Å². The zero-order valence-corrected chi connectivity index (χ0v) is 19.7. The summed E-state index contributed by atoms with van der Waals surface area (Å²) in [5, 5.41) is 4.58. The van der Waals surface area contributed by atoms with Crippen molar-refractivity contribution >= 4 is 11.4 Å². The van der Waals surface area contributed by atoms with Gasteiger partial charge in [-0.1, -0.05) is 72.8 Å². The van der Waals surface area contributed by atoms with E-state index in [9.17, 15) is 0 Å². The fraction of sp³-hybridized carbons (Fsp3) is 0.200. The van der Waals surface area contributed by atoms with Crippen LogP contribution in [0.4, 0.5) is 11.4 Å². The standard InChI is InChI=1S/C30H30N2O/c1-21-15-17-25(19-23(21)3)29-31(27-11-7-5-8-12-27)32(28-13-9-6-10-14-28)30(33-29)26-18-16-22(2)24(4)20-26/h5-20,29-30H,1-4H3. The molecule has 0 saturated carbocycles. The van der Waals surface area contributed by atoms with E-state index in [0.717, 1.165) is 22.5 Å². The first-order chi connectivity index (χ1) is 16.0. The van der Waals surface area contributed by atoms with E-state index in [4.69, 9.17) is 4.74 Å². The highest BCUT2D eigenvalue weighted by atomic mass is 16.6. The van der Waals surface area contributed by atoms with Gasteiger partial charge in [0, 0.05) is 11.1 Å². The van der Waals surface area contributed by atoms with Gasteiger partial charge >= 0.3 is 0 Å². The lowest BCUT2D eigenvalue weighted by Crippen LogP contribution is -2.39. The van der Waals surface area contributed by atoms with Crippen LogP contribution in [0.2, 0.25) is 0 Å². The Morgan fingerprint density at radius 3 is 1.24 bits per heavy atom. The second-order valence-corrected chi connectivity index (χ2v) is 8.89. The maximum Gasteiger partial charge on any atom is 0.177 e. The van der Waals surface area contributed by atoms with E-state index in [1.165, 1.54) is 22.3 Å². The third kappa shape index (κ3) is 4.01. The van der Waals surface area contributed by atoms with Crippen LogP contribution in [-0.2, 0) is 4.74 Å². The largest absolute Gasteiger partial charge is 0.323 e. The number of ether oxygens (including phenoxy) is 1. The van der Waals surface area contributed by atoms with Gasteiger partial charge in [-0.25, -0.2) is 10.0 Å². The molecule has 5 rings (SSSR count). The molecule has 33 heavy (non-hydrogen) atoms. The monoisotopic (exact) mass is 434 g/mol. The first-order valence-electron chi connectivity index (χ1n) is 11.5. The van der Waals surface area contributed by atoms with Crippen molar-refractivity contribution in [2.45, 2.75) is 40.2 Å². The molecule has 0 aliphatic carbocycles. The molecule has 0 radical (unpaired) electrons. The summed E-state index contributed by atoms with van der Waals surface area (Å²) in [6, 6.07) is 34.3. The highest BCUT2D eigenvalue weighted by molar-refractivity contribution is 5.62. The van der Waals surface area contributed by atoms with E-state index < -0.39 is 0 Å². The molecule has 1 heterocycles. The molecular weight excluding hydrogens is 404 g/mol. The van der Waals surface area contributed by atoms with Gasteiger partial charge in [0.25, 0.3) is 0 Å². The molecule has 1 saturated heterocycles. The number of anilines is 2. The van der Waals surface area contributed by atoms with Crippen LogP contribution in [0.15, 0.2) is 97.1 Å². The normalized spacial score (nSPS) is 18.1. The van der Waals surface area contributed by atoms with Crippen LogP contribution in [0.5, 0.6) is 0 Å². The molecule has 0 bridgehead atoms. The van der Waals surface area contributed by atoms with Crippen LogP contribution in [0.1, 0.15) is 45.8 Å². The average molecular weight is 435 g/mol. The molecule has 4 aromatic carbocycles. The molecule has 0 N–H and O–H groups in total. The molecule has 0 amide bonds. The van der Waals surface area contributed by atoms with E-state index >= 15 is 0 Å². The van der Waals surface area contributed by atoms with E-state index in [1.54, 1.807) is 0 Å². The molecule has 2 unspecified atom stereocenters. The van der Waals surface area contributed by atoms with E-state index in [0.29, 0.717) is 0 Å². The van der Waals surface area contributed by atoms with Gasteiger partial charge in [0.1, 0.15) is 0 Å². The first-order valence-corrected chi connectivity index (χ1v) is 11.5. The highest BCUT2D eigenvalue weighted by Crippen LogP contribution is 2.46. The summed E-state index contributed by atoms with van der Waals surface area (Å²) in [4.78, 5) is 0. The lowest BCUT2D eigenvalue weighted by Gasteiger charge is -2.35. The Labute approximate surface area is 196 Å². The Morgan fingerprint density at radius 2 is 0.879 bits per heavy atom. The van der Waals surface area contributed by atoms with Gasteiger partial charge in [0.2, 0.25) is 0 Å². The number of nitrogens with zero attached hydrogens (tertiary/aromatic N) is 2. The molecular formula is C30H30N2O. The maximum atomic E-state index is 6.91. The van der Waals surface area contributed by atoms with Gasteiger partial charge in [0.15, 0.2) is 12.5 Å². The van der Waals surface area contributed by atoms with Gasteiger partial charge in [-0.3, -0.25) is 0 Å². The minimum absolute atomic E-state index is 0.251. The van der Waals surface area contributed by atoms with Crippen LogP contribution in [0.3, 0.4) is 0 Å². The molecule has 2 atom stereocenters. The van der Waals surface area contributed by atoms with Crippen LogP contribution < -0.4 is 10.0 Å². The maximum absolute atomic E-state index is 6.91. The Balaban J connectivity index is 1.70. The fourth-order valence-electron chi connectivity index (χ4n) is 4.42. The van der Waals surface area contributed by atoms with Gasteiger partial charge in [-0.05, 0) is 74.2 Å². The van der Waals surface area contributed by atoms with Crippen molar-refractivity contribution < 1.29 is 4.74 Å². The minimum atomic E-state index is -0.251. The summed E-state index contributed by atoms with van der Waals surface area (Å²) in [5.41, 5.74) is 9.59. The summed E-state index contributed by atoms with van der Waals surface area (Å²) in [5.74, 6) is 0. The van der Waals surface area contributed by atoms with Gasteiger partial charge in [-0.2, -0.15) is 0 Å². The minimum Gasteiger partial charge on any atom is -0.323 e. The zero-order chi connectivity index (χ0) is 22.9. The molecule has 1 aliphatic heterocycles. The number of para-hydroxylation sites is 2. The SMILES string of the molecule is Cc1ccc(C2OC(c3ccc(C)c(C)c3)N(c3ccccc3)N2c2ccccc2)cc1C. The average Bonchev–Trinajstić information content (AvgIpc) is 3.24. The molecule has 1 aliphatic rings. The second-order valence-electron chi connectivity index (χ2n) is 8.89. The number of hydrogen-bond acceptors (Lipinski definition) is 3. The first kappa shape index (κ1) is 21.3. The molecule has 1 fully saturated rings. The Kier molecular flexibility index (Phi) is 5.65. The van der Waals surface area contributed by atoms with Crippen molar-refractivity contribution in [3.63, 3.8) is 0 Å². The van der Waals surface area contributed by atoms with Crippen molar-refractivity contribution in [3.8, 4) is 0 Å². The Morgan fingerprint density at radius 1 is 0.485 bits per heavy atom.